The van der Waals surface area contributed by atoms with Crippen molar-refractivity contribution < 1.29 is 27.2 Å². The number of piperidine rings is 1. The first-order chi connectivity index (χ1) is 17.5. The number of rotatable bonds is 7. The predicted molar refractivity (Wildman–Crippen MR) is 126 cm³/mol. The number of aromatic nitrogens is 1. The van der Waals surface area contributed by atoms with Crippen molar-refractivity contribution in [2.24, 2.45) is 22.7 Å². The van der Waals surface area contributed by atoms with Gasteiger partial charge in [0.2, 0.25) is 11.8 Å². The molecular weight excluding hydrogens is 500 g/mol. The molecule has 3 aliphatic heterocycles. The number of nitrogens with one attached hydrogen (secondary N) is 2. The van der Waals surface area contributed by atoms with E-state index < -0.39 is 61.1 Å². The number of pyridine rings is 1. The fourth-order valence-electron chi connectivity index (χ4n) is 5.18. The number of carbonyl (C=O) groups excluding carboxylic acids is 2. The topological polar surface area (TPSA) is 136 Å². The Labute approximate surface area is 210 Å². The second-order valence-electron chi connectivity index (χ2n) is 9.83. The molecule has 3 aliphatic rings. The Kier molecular flexibility index (Phi) is 7.94. The Balaban J connectivity index is 1.46. The van der Waals surface area contributed by atoms with Crippen molar-refractivity contribution in [3.05, 3.63) is 23.1 Å². The summed E-state index contributed by atoms with van der Waals surface area (Å²) in [5.74, 6) is -6.31. The van der Waals surface area contributed by atoms with E-state index in [1.807, 2.05) is 0 Å². The molecule has 0 radical (unpaired) electrons. The Morgan fingerprint density at radius 2 is 1.95 bits per heavy atom. The molecule has 0 aromatic carbocycles. The van der Waals surface area contributed by atoms with Crippen LogP contribution in [0.5, 0.6) is 0 Å². The number of hydrogen-bond acceptors (Lipinski definition) is 9. The molecular formula is C22H30F4N8O3. The summed E-state index contributed by atoms with van der Waals surface area (Å²) in [5.41, 5.74) is 5.90. The maximum atomic E-state index is 14.9. The highest BCUT2D eigenvalue weighted by atomic mass is 19.3. The van der Waals surface area contributed by atoms with Crippen molar-refractivity contribution in [2.75, 3.05) is 56.5 Å². The lowest BCUT2D eigenvalue weighted by Gasteiger charge is -2.42. The van der Waals surface area contributed by atoms with Crippen molar-refractivity contribution >= 4 is 23.2 Å². The molecule has 4 unspecified atom stereocenters. The summed E-state index contributed by atoms with van der Waals surface area (Å²) in [5, 5.41) is 8.24. The van der Waals surface area contributed by atoms with Crippen molar-refractivity contribution in [3.63, 3.8) is 0 Å². The monoisotopic (exact) mass is 530 g/mol. The number of nitroso groups, excluding NO2 is 1. The van der Waals surface area contributed by atoms with Crippen LogP contribution in [0.4, 0.5) is 28.9 Å². The molecule has 0 spiro atoms. The van der Waals surface area contributed by atoms with Gasteiger partial charge in [-0.25, -0.2) is 17.6 Å². The van der Waals surface area contributed by atoms with Gasteiger partial charge in [0.15, 0.2) is 12.0 Å². The zero-order valence-electron chi connectivity index (χ0n) is 20.2. The SMILES string of the molecule is CN1CC(F)CNC1C(C(=O)Nc1cncc(F)c1N1CCC(C(=O)N2CC(F)(F)C2)CC1)C(N)N=O. The van der Waals surface area contributed by atoms with Gasteiger partial charge >= 0.3 is 0 Å². The number of anilines is 2. The van der Waals surface area contributed by atoms with Crippen LogP contribution >= 0.6 is 0 Å². The quantitative estimate of drug-likeness (QED) is 0.347. The fraction of sp³-hybridized carbons (Fsp3) is 0.682. The number of hydrogen-bond donors (Lipinski definition) is 3. The number of halogens is 4. The highest BCUT2D eigenvalue weighted by Gasteiger charge is 2.48. The summed E-state index contributed by atoms with van der Waals surface area (Å²) < 4.78 is 55.0. The van der Waals surface area contributed by atoms with E-state index in [0.717, 1.165) is 11.1 Å². The minimum absolute atomic E-state index is 0.0164. The van der Waals surface area contributed by atoms with E-state index in [-0.39, 0.29) is 43.5 Å². The first kappa shape index (κ1) is 27.1. The third-order valence-corrected chi connectivity index (χ3v) is 7.09. The van der Waals surface area contributed by atoms with Crippen LogP contribution < -0.4 is 21.3 Å². The molecule has 3 fully saturated rings. The van der Waals surface area contributed by atoms with Crippen LogP contribution in [0, 0.1) is 22.6 Å². The van der Waals surface area contributed by atoms with Crippen LogP contribution in [0.2, 0.25) is 0 Å². The lowest BCUT2D eigenvalue weighted by molar-refractivity contribution is -0.170. The zero-order valence-corrected chi connectivity index (χ0v) is 20.2. The summed E-state index contributed by atoms with van der Waals surface area (Å²) >= 11 is 0. The molecule has 11 nitrogen and oxygen atoms in total. The van der Waals surface area contributed by atoms with Crippen LogP contribution in [0.3, 0.4) is 0 Å². The summed E-state index contributed by atoms with van der Waals surface area (Å²) in [7, 11) is 1.57. The Morgan fingerprint density at radius 1 is 1.27 bits per heavy atom. The van der Waals surface area contributed by atoms with Gasteiger partial charge in [0.05, 0.1) is 37.3 Å². The minimum atomic E-state index is -2.85. The molecule has 0 saturated carbocycles. The molecule has 3 saturated heterocycles. The highest BCUT2D eigenvalue weighted by Crippen LogP contribution is 2.35. The summed E-state index contributed by atoms with van der Waals surface area (Å²) in [6.07, 6.45) is -0.547. The standard InChI is InChI=1S/C22H30F4N8O3/c1-32-9-13(23)6-29-19(32)16(18(27)31-37)20(35)30-15-8-28-7-14(24)17(15)33-4-2-12(3-5-33)21(36)34-10-22(25,26)11-34/h7-8,12-13,16,18-19,29H,2-6,9-11,27H2,1H3,(H,30,35). The first-order valence-electron chi connectivity index (χ1n) is 12.0. The smallest absolute Gasteiger partial charge is 0.282 e. The van der Waals surface area contributed by atoms with E-state index in [1.165, 1.54) is 11.1 Å². The van der Waals surface area contributed by atoms with Crippen molar-refractivity contribution in [1.29, 1.82) is 0 Å². The molecule has 15 heteroatoms. The molecule has 1 aromatic heterocycles. The Bertz CT molecular complexity index is 1020. The second kappa shape index (κ2) is 10.8. The van der Waals surface area contributed by atoms with E-state index in [4.69, 9.17) is 5.73 Å². The van der Waals surface area contributed by atoms with Crippen LogP contribution in [-0.4, -0.2) is 97.3 Å². The molecule has 4 N–H and O–H groups in total. The zero-order chi connectivity index (χ0) is 26.9. The van der Waals surface area contributed by atoms with Crippen LogP contribution in [0.1, 0.15) is 12.8 Å². The molecule has 2 amide bonds. The van der Waals surface area contributed by atoms with Crippen LogP contribution in [-0.2, 0) is 9.59 Å². The minimum Gasteiger partial charge on any atom is -0.367 e. The highest BCUT2D eigenvalue weighted by molar-refractivity contribution is 5.96. The van der Waals surface area contributed by atoms with Gasteiger partial charge in [-0.3, -0.25) is 24.8 Å². The Hall–Kier alpha value is -2.91. The normalized spacial score (nSPS) is 26.2. The number of carbonyl (C=O) groups is 2. The van der Waals surface area contributed by atoms with E-state index in [2.05, 4.69) is 20.8 Å². The molecule has 4 atom stereocenters. The summed E-state index contributed by atoms with van der Waals surface area (Å²) in [6.45, 7) is -0.709. The van der Waals surface area contributed by atoms with Crippen LogP contribution in [0.15, 0.2) is 17.6 Å². The Morgan fingerprint density at radius 3 is 2.54 bits per heavy atom. The number of alkyl halides is 3. The molecule has 0 bridgehead atoms. The van der Waals surface area contributed by atoms with Crippen molar-refractivity contribution in [3.8, 4) is 0 Å². The first-order valence-corrected chi connectivity index (χ1v) is 12.0. The number of nitrogens with two attached hydrogens (primary N) is 1. The average molecular weight is 531 g/mol. The number of amides is 2. The van der Waals surface area contributed by atoms with E-state index >= 15 is 0 Å². The van der Waals surface area contributed by atoms with E-state index in [0.29, 0.717) is 12.8 Å². The molecule has 4 heterocycles. The molecule has 4 rings (SSSR count). The second-order valence-corrected chi connectivity index (χ2v) is 9.83. The lowest BCUT2D eigenvalue weighted by Crippen LogP contribution is -2.62. The van der Waals surface area contributed by atoms with E-state index in [9.17, 15) is 32.1 Å². The average Bonchev–Trinajstić information content (AvgIpc) is 2.83. The maximum absolute atomic E-state index is 14.9. The van der Waals surface area contributed by atoms with Crippen molar-refractivity contribution in [2.45, 2.75) is 37.3 Å². The van der Waals surface area contributed by atoms with Gasteiger partial charge in [-0.1, -0.05) is 5.18 Å². The molecule has 204 valence electrons. The van der Waals surface area contributed by atoms with Crippen molar-refractivity contribution in [1.82, 2.24) is 20.1 Å². The van der Waals surface area contributed by atoms with Gasteiger partial charge in [0, 0.05) is 32.1 Å². The van der Waals surface area contributed by atoms with Crippen LogP contribution in [0.25, 0.3) is 0 Å². The van der Waals surface area contributed by atoms with E-state index in [1.54, 1.807) is 11.9 Å². The third kappa shape index (κ3) is 5.83. The lowest BCUT2D eigenvalue weighted by atomic mass is 9.93. The molecule has 0 aliphatic carbocycles. The number of likely N-dealkylation sites (tertiary alicyclic amines) is 1. The third-order valence-electron chi connectivity index (χ3n) is 7.09. The van der Waals surface area contributed by atoms with Gasteiger partial charge in [0.25, 0.3) is 5.92 Å². The fourth-order valence-corrected chi connectivity index (χ4v) is 5.18. The van der Waals surface area contributed by atoms with Gasteiger partial charge in [-0.05, 0) is 19.9 Å². The summed E-state index contributed by atoms with van der Waals surface area (Å²) in [6, 6.07) is 0. The molecule has 1 aromatic rings. The van der Waals surface area contributed by atoms with Gasteiger partial charge in [-0.15, -0.1) is 4.91 Å². The van der Waals surface area contributed by atoms with Gasteiger partial charge < -0.3 is 20.9 Å². The maximum Gasteiger partial charge on any atom is 0.282 e. The predicted octanol–water partition coefficient (Wildman–Crippen LogP) is 0.720. The van der Waals surface area contributed by atoms with Gasteiger partial charge in [-0.2, -0.15) is 0 Å². The molecule has 37 heavy (non-hydrogen) atoms. The largest absolute Gasteiger partial charge is 0.367 e. The van der Waals surface area contributed by atoms with Gasteiger partial charge in [0.1, 0.15) is 17.8 Å². The summed E-state index contributed by atoms with van der Waals surface area (Å²) in [4.78, 5) is 45.1. The number of nitrogens with zero attached hydrogens (tertiary/aromatic N) is 5.